The average molecular weight is 276 g/mol. The zero-order valence-corrected chi connectivity index (χ0v) is 11.1. The smallest absolute Gasteiger partial charge is 0.252 e. The van der Waals surface area contributed by atoms with Gasteiger partial charge < -0.3 is 10.4 Å². The summed E-state index contributed by atoms with van der Waals surface area (Å²) >= 11 is 11.7. The summed E-state index contributed by atoms with van der Waals surface area (Å²) in [5, 5.41) is 12.6. The fourth-order valence-electron chi connectivity index (χ4n) is 1.33. The number of aliphatic hydroxyl groups excluding tert-OH is 1. The molecule has 1 aromatic carbocycles. The van der Waals surface area contributed by atoms with Crippen LogP contribution in [0.5, 0.6) is 0 Å². The Hall–Kier alpha value is -0.770. The first-order valence-corrected chi connectivity index (χ1v) is 6.22. The lowest BCUT2D eigenvalue weighted by Crippen LogP contribution is -2.27. The Balaban J connectivity index is 2.56. The summed E-state index contributed by atoms with van der Waals surface area (Å²) in [4.78, 5) is 11.8. The molecule has 0 spiro atoms. The van der Waals surface area contributed by atoms with E-state index in [1.165, 1.54) is 0 Å². The van der Waals surface area contributed by atoms with E-state index < -0.39 is 0 Å². The molecule has 0 saturated carbocycles. The van der Waals surface area contributed by atoms with Crippen LogP contribution in [-0.2, 0) is 0 Å². The maximum absolute atomic E-state index is 11.8. The number of hydrogen-bond acceptors (Lipinski definition) is 2. The lowest BCUT2D eigenvalue weighted by Gasteiger charge is -2.10. The van der Waals surface area contributed by atoms with E-state index in [0.29, 0.717) is 30.0 Å². The predicted molar refractivity (Wildman–Crippen MR) is 69.7 cm³/mol. The molecule has 0 radical (unpaired) electrons. The molecule has 94 valence electrons. The van der Waals surface area contributed by atoms with Gasteiger partial charge in [0.25, 0.3) is 5.91 Å². The van der Waals surface area contributed by atoms with Gasteiger partial charge in [0, 0.05) is 6.54 Å². The average Bonchev–Trinajstić information content (AvgIpc) is 2.32. The van der Waals surface area contributed by atoms with E-state index in [1.807, 2.05) is 6.92 Å². The van der Waals surface area contributed by atoms with Gasteiger partial charge in [-0.05, 0) is 25.0 Å². The molecule has 0 aliphatic heterocycles. The molecule has 1 atom stereocenters. The topological polar surface area (TPSA) is 49.3 Å². The van der Waals surface area contributed by atoms with Crippen LogP contribution in [-0.4, -0.2) is 23.7 Å². The molecular formula is C12H15Cl2NO2. The lowest BCUT2D eigenvalue weighted by atomic mass is 10.2. The highest BCUT2D eigenvalue weighted by Gasteiger charge is 2.12. The highest BCUT2D eigenvalue weighted by molar-refractivity contribution is 6.43. The standard InChI is InChI=1S/C12H15Cl2NO2/c1-2-8(16)6-7-15-12(17)9-4-3-5-10(13)11(9)14/h3-5,8,16H,2,6-7H2,1H3,(H,15,17). The minimum Gasteiger partial charge on any atom is -0.393 e. The van der Waals surface area contributed by atoms with E-state index in [-0.39, 0.29) is 17.0 Å². The SMILES string of the molecule is CCC(O)CCNC(=O)c1cccc(Cl)c1Cl. The van der Waals surface area contributed by atoms with Gasteiger partial charge in [-0.2, -0.15) is 0 Å². The minimum atomic E-state index is -0.384. The molecule has 2 N–H and O–H groups in total. The molecule has 1 amide bonds. The number of rotatable bonds is 5. The van der Waals surface area contributed by atoms with Crippen molar-refractivity contribution >= 4 is 29.1 Å². The molecule has 5 heteroatoms. The van der Waals surface area contributed by atoms with Gasteiger partial charge in [0.1, 0.15) is 0 Å². The van der Waals surface area contributed by atoms with Crippen LogP contribution in [0.1, 0.15) is 30.1 Å². The molecule has 0 aliphatic carbocycles. The van der Waals surface area contributed by atoms with Crippen LogP contribution in [0.25, 0.3) is 0 Å². The van der Waals surface area contributed by atoms with E-state index in [1.54, 1.807) is 18.2 Å². The molecule has 0 bridgehead atoms. The van der Waals surface area contributed by atoms with Crippen molar-refractivity contribution in [3.8, 4) is 0 Å². The van der Waals surface area contributed by atoms with Crippen LogP contribution in [0.3, 0.4) is 0 Å². The maximum atomic E-state index is 11.8. The molecule has 0 aromatic heterocycles. The number of carbonyl (C=O) groups excluding carboxylic acids is 1. The fraction of sp³-hybridized carbons (Fsp3) is 0.417. The van der Waals surface area contributed by atoms with Gasteiger partial charge in [-0.3, -0.25) is 4.79 Å². The molecule has 1 unspecified atom stereocenters. The second-order valence-corrected chi connectivity index (χ2v) is 4.49. The number of nitrogens with one attached hydrogen (secondary N) is 1. The van der Waals surface area contributed by atoms with Gasteiger partial charge >= 0.3 is 0 Å². The monoisotopic (exact) mass is 275 g/mol. The molecule has 0 heterocycles. The Morgan fingerprint density at radius 3 is 2.82 bits per heavy atom. The summed E-state index contributed by atoms with van der Waals surface area (Å²) in [6.45, 7) is 2.30. The Morgan fingerprint density at radius 1 is 1.47 bits per heavy atom. The molecule has 0 aliphatic rings. The van der Waals surface area contributed by atoms with Gasteiger partial charge in [-0.1, -0.05) is 36.2 Å². The highest BCUT2D eigenvalue weighted by Crippen LogP contribution is 2.25. The molecule has 0 fully saturated rings. The van der Waals surface area contributed by atoms with Crippen molar-refractivity contribution < 1.29 is 9.90 Å². The Kier molecular flexibility index (Phi) is 5.75. The number of halogens is 2. The van der Waals surface area contributed by atoms with Crippen molar-refractivity contribution in [1.29, 1.82) is 0 Å². The lowest BCUT2D eigenvalue weighted by molar-refractivity contribution is 0.0942. The van der Waals surface area contributed by atoms with Crippen molar-refractivity contribution in [2.75, 3.05) is 6.54 Å². The van der Waals surface area contributed by atoms with E-state index in [9.17, 15) is 9.90 Å². The van der Waals surface area contributed by atoms with Crippen LogP contribution >= 0.6 is 23.2 Å². The number of benzene rings is 1. The van der Waals surface area contributed by atoms with Crippen molar-refractivity contribution in [1.82, 2.24) is 5.32 Å². The molecule has 1 rings (SSSR count). The third kappa shape index (κ3) is 4.19. The first-order chi connectivity index (χ1) is 8.06. The van der Waals surface area contributed by atoms with Crippen LogP contribution in [0.4, 0.5) is 0 Å². The third-order valence-electron chi connectivity index (χ3n) is 2.43. The maximum Gasteiger partial charge on any atom is 0.252 e. The Labute approximate surface area is 111 Å². The van der Waals surface area contributed by atoms with Crippen molar-refractivity contribution in [3.63, 3.8) is 0 Å². The highest BCUT2D eigenvalue weighted by atomic mass is 35.5. The zero-order chi connectivity index (χ0) is 12.8. The second kappa shape index (κ2) is 6.84. The van der Waals surface area contributed by atoms with Crippen LogP contribution < -0.4 is 5.32 Å². The molecule has 17 heavy (non-hydrogen) atoms. The van der Waals surface area contributed by atoms with Gasteiger partial charge in [0.05, 0.1) is 21.7 Å². The fourth-order valence-corrected chi connectivity index (χ4v) is 1.72. The first kappa shape index (κ1) is 14.3. The molecule has 1 aromatic rings. The summed E-state index contributed by atoms with van der Waals surface area (Å²) in [6.07, 6.45) is 0.818. The number of amides is 1. The van der Waals surface area contributed by atoms with Crippen LogP contribution in [0, 0.1) is 0 Å². The van der Waals surface area contributed by atoms with E-state index in [2.05, 4.69) is 5.32 Å². The summed E-state index contributed by atoms with van der Waals surface area (Å²) in [5.41, 5.74) is 0.352. The van der Waals surface area contributed by atoms with Gasteiger partial charge in [0.15, 0.2) is 0 Å². The number of aliphatic hydroxyl groups is 1. The normalized spacial score (nSPS) is 12.2. The second-order valence-electron chi connectivity index (χ2n) is 3.71. The van der Waals surface area contributed by atoms with Crippen molar-refractivity contribution in [2.24, 2.45) is 0 Å². The predicted octanol–water partition coefficient (Wildman–Crippen LogP) is 2.88. The summed E-state index contributed by atoms with van der Waals surface area (Å²) < 4.78 is 0. The van der Waals surface area contributed by atoms with Gasteiger partial charge in [-0.25, -0.2) is 0 Å². The Bertz CT molecular complexity index is 396. The van der Waals surface area contributed by atoms with E-state index in [0.717, 1.165) is 0 Å². The number of hydrogen-bond donors (Lipinski definition) is 2. The summed E-state index contributed by atoms with van der Waals surface area (Å²) in [6, 6.07) is 4.91. The molecule has 3 nitrogen and oxygen atoms in total. The van der Waals surface area contributed by atoms with Gasteiger partial charge in [-0.15, -0.1) is 0 Å². The van der Waals surface area contributed by atoms with E-state index in [4.69, 9.17) is 23.2 Å². The minimum absolute atomic E-state index is 0.253. The summed E-state index contributed by atoms with van der Waals surface area (Å²) in [7, 11) is 0. The summed E-state index contributed by atoms with van der Waals surface area (Å²) in [5.74, 6) is -0.277. The van der Waals surface area contributed by atoms with Crippen LogP contribution in [0.2, 0.25) is 10.0 Å². The zero-order valence-electron chi connectivity index (χ0n) is 9.54. The van der Waals surface area contributed by atoms with Crippen molar-refractivity contribution in [2.45, 2.75) is 25.9 Å². The number of carbonyl (C=O) groups is 1. The van der Waals surface area contributed by atoms with Crippen LogP contribution in [0.15, 0.2) is 18.2 Å². The van der Waals surface area contributed by atoms with E-state index >= 15 is 0 Å². The molecule has 0 saturated heterocycles. The molecular weight excluding hydrogens is 261 g/mol. The Morgan fingerprint density at radius 2 is 2.18 bits per heavy atom. The largest absolute Gasteiger partial charge is 0.393 e. The van der Waals surface area contributed by atoms with Gasteiger partial charge in [0.2, 0.25) is 0 Å². The van der Waals surface area contributed by atoms with Crippen molar-refractivity contribution in [3.05, 3.63) is 33.8 Å². The third-order valence-corrected chi connectivity index (χ3v) is 3.25. The first-order valence-electron chi connectivity index (χ1n) is 5.46. The quantitative estimate of drug-likeness (QED) is 0.868.